The standard InChI is InChI=1S/C28H27FN2O3/c1-3-5-8-19-11-17-22(18-12-19)31-27(32)25(20-13-15-21(29)16-14-20)26(28(31)33)30-23-9-6-7-10-24(23)34-4-2/h6-7,9-18,30H,3-5,8H2,1-2H3. The Bertz CT molecular complexity index is 1220. The van der Waals surface area contributed by atoms with Gasteiger partial charge >= 0.3 is 0 Å². The highest BCUT2D eigenvalue weighted by molar-refractivity contribution is 6.46. The summed E-state index contributed by atoms with van der Waals surface area (Å²) in [4.78, 5) is 28.3. The van der Waals surface area contributed by atoms with E-state index in [9.17, 15) is 14.0 Å². The maximum absolute atomic E-state index is 13.6. The summed E-state index contributed by atoms with van der Waals surface area (Å²) >= 11 is 0. The van der Waals surface area contributed by atoms with E-state index >= 15 is 0 Å². The number of benzene rings is 3. The Hall–Kier alpha value is -3.93. The molecule has 3 aromatic carbocycles. The molecule has 2 amide bonds. The van der Waals surface area contributed by atoms with Gasteiger partial charge in [0.15, 0.2) is 0 Å². The van der Waals surface area contributed by atoms with Crippen LogP contribution in [0, 0.1) is 5.82 Å². The molecule has 0 bridgehead atoms. The summed E-state index contributed by atoms with van der Waals surface area (Å²) in [6, 6.07) is 20.2. The highest BCUT2D eigenvalue weighted by Crippen LogP contribution is 2.35. The van der Waals surface area contributed by atoms with Crippen molar-refractivity contribution in [2.75, 3.05) is 16.8 Å². The van der Waals surface area contributed by atoms with Crippen LogP contribution in [0.25, 0.3) is 5.57 Å². The highest BCUT2D eigenvalue weighted by atomic mass is 19.1. The van der Waals surface area contributed by atoms with Crippen LogP contribution in [0.2, 0.25) is 0 Å². The molecule has 34 heavy (non-hydrogen) atoms. The predicted molar refractivity (Wildman–Crippen MR) is 132 cm³/mol. The molecule has 3 aromatic rings. The molecular formula is C28H27FN2O3. The van der Waals surface area contributed by atoms with Gasteiger partial charge < -0.3 is 10.1 Å². The maximum Gasteiger partial charge on any atom is 0.282 e. The van der Waals surface area contributed by atoms with Crippen LogP contribution in [0.15, 0.2) is 78.5 Å². The van der Waals surface area contributed by atoms with E-state index in [2.05, 4.69) is 12.2 Å². The largest absolute Gasteiger partial charge is 0.492 e. The fraction of sp³-hybridized carbons (Fsp3) is 0.214. The van der Waals surface area contributed by atoms with E-state index < -0.39 is 17.6 Å². The average Bonchev–Trinajstić information content (AvgIpc) is 3.09. The molecule has 1 aliphatic rings. The van der Waals surface area contributed by atoms with E-state index in [0.717, 1.165) is 29.7 Å². The van der Waals surface area contributed by atoms with Gasteiger partial charge in [-0.2, -0.15) is 0 Å². The van der Waals surface area contributed by atoms with Crippen LogP contribution in [0.3, 0.4) is 0 Å². The molecule has 0 fully saturated rings. The van der Waals surface area contributed by atoms with Crippen molar-refractivity contribution >= 4 is 28.8 Å². The van der Waals surface area contributed by atoms with E-state index in [1.165, 1.54) is 24.3 Å². The number of para-hydroxylation sites is 2. The Morgan fingerprint density at radius 2 is 1.59 bits per heavy atom. The summed E-state index contributed by atoms with van der Waals surface area (Å²) in [7, 11) is 0. The van der Waals surface area contributed by atoms with Crippen molar-refractivity contribution in [1.29, 1.82) is 0 Å². The first-order valence-corrected chi connectivity index (χ1v) is 11.5. The third kappa shape index (κ3) is 4.71. The van der Waals surface area contributed by atoms with Gasteiger partial charge in [-0.1, -0.05) is 49.7 Å². The number of rotatable bonds is 9. The minimum Gasteiger partial charge on any atom is -0.492 e. The van der Waals surface area contributed by atoms with Crippen molar-refractivity contribution in [3.63, 3.8) is 0 Å². The number of ether oxygens (including phenoxy) is 1. The number of hydrogen-bond donors (Lipinski definition) is 1. The second kappa shape index (κ2) is 10.3. The topological polar surface area (TPSA) is 58.6 Å². The summed E-state index contributed by atoms with van der Waals surface area (Å²) < 4.78 is 19.3. The first-order chi connectivity index (χ1) is 16.5. The van der Waals surface area contributed by atoms with Gasteiger partial charge in [-0.25, -0.2) is 9.29 Å². The smallest absolute Gasteiger partial charge is 0.282 e. The summed E-state index contributed by atoms with van der Waals surface area (Å²) in [5, 5.41) is 3.13. The molecule has 1 N–H and O–H groups in total. The molecule has 5 nitrogen and oxygen atoms in total. The van der Waals surface area contributed by atoms with Gasteiger partial charge in [0.05, 0.1) is 23.6 Å². The number of imide groups is 1. The lowest BCUT2D eigenvalue weighted by Crippen LogP contribution is -2.32. The Kier molecular flexibility index (Phi) is 7.07. The van der Waals surface area contributed by atoms with E-state index in [-0.39, 0.29) is 11.3 Å². The van der Waals surface area contributed by atoms with Crippen LogP contribution >= 0.6 is 0 Å². The van der Waals surface area contributed by atoms with Crippen LogP contribution in [-0.4, -0.2) is 18.4 Å². The lowest BCUT2D eigenvalue weighted by Gasteiger charge is -2.16. The molecule has 0 spiro atoms. The Morgan fingerprint density at radius 1 is 0.882 bits per heavy atom. The fourth-order valence-electron chi connectivity index (χ4n) is 3.94. The van der Waals surface area contributed by atoms with Gasteiger partial charge in [-0.05, 0) is 67.3 Å². The molecule has 1 aliphatic heterocycles. The molecule has 0 atom stereocenters. The summed E-state index contributed by atoms with van der Waals surface area (Å²) in [5.74, 6) is -0.793. The quantitative estimate of drug-likeness (QED) is 0.402. The lowest BCUT2D eigenvalue weighted by molar-refractivity contribution is -0.120. The van der Waals surface area contributed by atoms with E-state index in [1.54, 1.807) is 24.3 Å². The number of nitrogens with one attached hydrogen (secondary N) is 1. The molecule has 0 aromatic heterocycles. The molecule has 0 radical (unpaired) electrons. The van der Waals surface area contributed by atoms with Crippen molar-refractivity contribution in [3.05, 3.63) is 95.4 Å². The van der Waals surface area contributed by atoms with E-state index in [1.807, 2.05) is 31.2 Å². The lowest BCUT2D eigenvalue weighted by atomic mass is 10.0. The number of amides is 2. The van der Waals surface area contributed by atoms with Gasteiger partial charge in [-0.15, -0.1) is 0 Å². The molecule has 174 valence electrons. The first-order valence-electron chi connectivity index (χ1n) is 11.5. The second-order valence-corrected chi connectivity index (χ2v) is 8.03. The summed E-state index contributed by atoms with van der Waals surface area (Å²) in [6.45, 7) is 4.46. The molecule has 1 heterocycles. The van der Waals surface area contributed by atoms with Crippen molar-refractivity contribution in [3.8, 4) is 5.75 Å². The van der Waals surface area contributed by atoms with Crippen molar-refractivity contribution in [2.24, 2.45) is 0 Å². The van der Waals surface area contributed by atoms with Crippen LogP contribution in [0.1, 0.15) is 37.8 Å². The number of halogens is 1. The molecule has 0 unspecified atom stereocenters. The monoisotopic (exact) mass is 458 g/mol. The number of aryl methyl sites for hydroxylation is 1. The van der Waals surface area contributed by atoms with Gasteiger partial charge in [-0.3, -0.25) is 9.59 Å². The molecule has 0 aliphatic carbocycles. The first kappa shape index (κ1) is 23.2. The van der Waals surface area contributed by atoms with Crippen LogP contribution < -0.4 is 15.0 Å². The van der Waals surface area contributed by atoms with Gasteiger partial charge in [0.25, 0.3) is 11.8 Å². The van der Waals surface area contributed by atoms with E-state index in [4.69, 9.17) is 4.74 Å². The molecule has 6 heteroatoms. The van der Waals surface area contributed by atoms with Crippen molar-refractivity contribution in [2.45, 2.75) is 33.1 Å². The predicted octanol–water partition coefficient (Wildman–Crippen LogP) is 5.96. The molecule has 0 saturated heterocycles. The molecule has 4 rings (SSSR count). The zero-order chi connectivity index (χ0) is 24.1. The Morgan fingerprint density at radius 3 is 2.26 bits per heavy atom. The SMILES string of the molecule is CCCCc1ccc(N2C(=O)C(Nc3ccccc3OCC)=C(c3ccc(F)cc3)C2=O)cc1. The van der Waals surface area contributed by atoms with Crippen LogP contribution in [-0.2, 0) is 16.0 Å². The third-order valence-electron chi connectivity index (χ3n) is 5.68. The molecular weight excluding hydrogens is 431 g/mol. The summed E-state index contributed by atoms with van der Waals surface area (Å²) in [5.41, 5.74) is 2.98. The fourth-order valence-corrected chi connectivity index (χ4v) is 3.94. The minimum absolute atomic E-state index is 0.124. The number of anilines is 2. The van der Waals surface area contributed by atoms with Gasteiger partial charge in [0.2, 0.25) is 0 Å². The van der Waals surface area contributed by atoms with Crippen LogP contribution in [0.4, 0.5) is 15.8 Å². The Labute approximate surface area is 198 Å². The normalized spacial score (nSPS) is 13.6. The van der Waals surface area contributed by atoms with E-state index in [0.29, 0.717) is 29.3 Å². The number of hydrogen-bond acceptors (Lipinski definition) is 4. The minimum atomic E-state index is -0.475. The van der Waals surface area contributed by atoms with Gasteiger partial charge in [0, 0.05) is 0 Å². The summed E-state index contributed by atoms with van der Waals surface area (Å²) in [6.07, 6.45) is 3.11. The zero-order valence-electron chi connectivity index (χ0n) is 19.3. The number of unbranched alkanes of at least 4 members (excludes halogenated alkanes) is 1. The zero-order valence-corrected chi connectivity index (χ0v) is 19.3. The number of carbonyl (C=O) groups excluding carboxylic acids is 2. The Balaban J connectivity index is 1.74. The molecule has 0 saturated carbocycles. The number of carbonyl (C=O) groups is 2. The van der Waals surface area contributed by atoms with Crippen molar-refractivity contribution < 1.29 is 18.7 Å². The van der Waals surface area contributed by atoms with Crippen LogP contribution in [0.5, 0.6) is 5.75 Å². The number of nitrogens with zero attached hydrogens (tertiary/aromatic N) is 1. The second-order valence-electron chi connectivity index (χ2n) is 8.03. The van der Waals surface area contributed by atoms with Gasteiger partial charge in [0.1, 0.15) is 17.3 Å². The highest BCUT2D eigenvalue weighted by Gasteiger charge is 2.40. The van der Waals surface area contributed by atoms with Crippen molar-refractivity contribution in [1.82, 2.24) is 0 Å². The average molecular weight is 459 g/mol. The maximum atomic E-state index is 13.6. The third-order valence-corrected chi connectivity index (χ3v) is 5.68.